The van der Waals surface area contributed by atoms with Gasteiger partial charge in [-0.1, -0.05) is 11.6 Å². The van der Waals surface area contributed by atoms with Crippen LogP contribution in [0.1, 0.15) is 12.5 Å². The molecule has 0 aliphatic carbocycles. The largest absolute Gasteiger partial charge is 0.493 e. The van der Waals surface area contributed by atoms with Crippen molar-refractivity contribution in [3.63, 3.8) is 0 Å². The van der Waals surface area contributed by atoms with Gasteiger partial charge in [-0.25, -0.2) is 4.98 Å². The number of rotatable bonds is 7. The van der Waals surface area contributed by atoms with Gasteiger partial charge in [0.05, 0.1) is 29.9 Å². The van der Waals surface area contributed by atoms with Crippen LogP contribution in [0, 0.1) is 10.1 Å². The van der Waals surface area contributed by atoms with Crippen molar-refractivity contribution in [2.45, 2.75) is 6.92 Å². The number of methoxy groups -OCH3 is 1. The number of ether oxygens (including phenoxy) is 2. The van der Waals surface area contributed by atoms with Gasteiger partial charge in [-0.3, -0.25) is 15.5 Å². The summed E-state index contributed by atoms with van der Waals surface area (Å²) in [4.78, 5) is 14.3. The molecule has 2 aromatic rings. The van der Waals surface area contributed by atoms with E-state index in [1.165, 1.54) is 31.7 Å². The molecule has 1 heterocycles. The van der Waals surface area contributed by atoms with Crippen molar-refractivity contribution >= 4 is 29.3 Å². The van der Waals surface area contributed by atoms with Gasteiger partial charge in [-0.05, 0) is 30.7 Å². The molecule has 0 amide bonds. The second-order valence-electron chi connectivity index (χ2n) is 4.47. The lowest BCUT2D eigenvalue weighted by atomic mass is 10.2. The molecule has 24 heavy (non-hydrogen) atoms. The minimum atomic E-state index is -0.540. The Morgan fingerprint density at radius 2 is 2.29 bits per heavy atom. The van der Waals surface area contributed by atoms with Crippen LogP contribution in [-0.4, -0.2) is 29.8 Å². The minimum absolute atomic E-state index is 0.0442. The molecule has 0 saturated carbocycles. The molecule has 1 aromatic heterocycles. The molecule has 1 N–H and O–H groups in total. The van der Waals surface area contributed by atoms with Crippen LogP contribution < -0.4 is 14.9 Å². The highest BCUT2D eigenvalue weighted by Gasteiger charge is 2.13. The lowest BCUT2D eigenvalue weighted by Gasteiger charge is -2.11. The van der Waals surface area contributed by atoms with Crippen molar-refractivity contribution in [3.05, 3.63) is 51.2 Å². The van der Waals surface area contributed by atoms with Crippen LogP contribution in [0.5, 0.6) is 11.5 Å². The van der Waals surface area contributed by atoms with E-state index in [9.17, 15) is 10.1 Å². The average Bonchev–Trinajstić information content (AvgIpc) is 2.57. The molecule has 126 valence electrons. The van der Waals surface area contributed by atoms with Gasteiger partial charge < -0.3 is 9.47 Å². The number of nitrogens with one attached hydrogen (secondary N) is 1. The van der Waals surface area contributed by atoms with Crippen molar-refractivity contribution in [1.29, 1.82) is 0 Å². The molecule has 0 bridgehead atoms. The molecule has 0 unspecified atom stereocenters. The molecule has 0 atom stereocenters. The monoisotopic (exact) mass is 350 g/mol. The van der Waals surface area contributed by atoms with Gasteiger partial charge in [0.25, 0.3) is 0 Å². The van der Waals surface area contributed by atoms with Gasteiger partial charge in [0, 0.05) is 12.3 Å². The molecule has 9 heteroatoms. The molecular formula is C15H15ClN4O4. The molecule has 2 rings (SSSR count). The highest BCUT2D eigenvalue weighted by atomic mass is 35.5. The summed E-state index contributed by atoms with van der Waals surface area (Å²) in [6.07, 6.45) is 2.88. The zero-order chi connectivity index (χ0) is 17.5. The fraction of sp³-hybridized carbons (Fsp3) is 0.200. The number of hydrogen-bond acceptors (Lipinski definition) is 7. The van der Waals surface area contributed by atoms with Crippen molar-refractivity contribution in [1.82, 2.24) is 4.98 Å². The fourth-order valence-electron chi connectivity index (χ4n) is 1.90. The average molecular weight is 351 g/mol. The van der Waals surface area contributed by atoms with E-state index < -0.39 is 4.92 Å². The third-order valence-corrected chi connectivity index (χ3v) is 3.19. The maximum atomic E-state index is 10.9. The highest BCUT2D eigenvalue weighted by molar-refractivity contribution is 6.32. The van der Waals surface area contributed by atoms with Crippen molar-refractivity contribution in [2.75, 3.05) is 19.1 Å². The van der Waals surface area contributed by atoms with Gasteiger partial charge in [0.2, 0.25) is 5.82 Å². The van der Waals surface area contributed by atoms with Crippen LogP contribution in [0.3, 0.4) is 0 Å². The second-order valence-corrected chi connectivity index (χ2v) is 4.87. The number of pyridine rings is 1. The molecular weight excluding hydrogens is 336 g/mol. The summed E-state index contributed by atoms with van der Waals surface area (Å²) < 4.78 is 10.7. The number of nitro groups is 1. The Kier molecular flexibility index (Phi) is 5.91. The van der Waals surface area contributed by atoms with Gasteiger partial charge in [0.1, 0.15) is 0 Å². The lowest BCUT2D eigenvalue weighted by molar-refractivity contribution is -0.384. The Hall–Kier alpha value is -2.87. The lowest BCUT2D eigenvalue weighted by Crippen LogP contribution is -2.00. The Morgan fingerprint density at radius 1 is 1.50 bits per heavy atom. The van der Waals surface area contributed by atoms with Crippen molar-refractivity contribution in [2.24, 2.45) is 5.10 Å². The van der Waals surface area contributed by atoms with E-state index in [-0.39, 0.29) is 11.5 Å². The van der Waals surface area contributed by atoms with E-state index in [1.807, 2.05) is 6.92 Å². The first kappa shape index (κ1) is 17.5. The van der Waals surface area contributed by atoms with Crippen molar-refractivity contribution in [3.8, 4) is 11.5 Å². The summed E-state index contributed by atoms with van der Waals surface area (Å²) in [5.41, 5.74) is 3.00. The Morgan fingerprint density at radius 3 is 2.96 bits per heavy atom. The Bertz CT molecular complexity index is 767. The molecule has 0 fully saturated rings. The number of hydrogen-bond donors (Lipinski definition) is 1. The summed E-state index contributed by atoms with van der Waals surface area (Å²) >= 11 is 6.17. The van der Waals surface area contributed by atoms with E-state index >= 15 is 0 Å². The third-order valence-electron chi connectivity index (χ3n) is 2.91. The first-order chi connectivity index (χ1) is 11.6. The summed E-state index contributed by atoms with van der Waals surface area (Å²) in [6, 6.07) is 6.15. The molecule has 0 saturated heterocycles. The van der Waals surface area contributed by atoms with Gasteiger partial charge in [-0.15, -0.1) is 0 Å². The number of benzene rings is 1. The van der Waals surface area contributed by atoms with E-state index in [2.05, 4.69) is 15.5 Å². The van der Waals surface area contributed by atoms with Crippen LogP contribution in [0.25, 0.3) is 0 Å². The normalized spacial score (nSPS) is 10.6. The first-order valence-electron chi connectivity index (χ1n) is 6.95. The quantitative estimate of drug-likeness (QED) is 0.466. The standard InChI is InChI=1S/C15H15ClN4O4/c1-3-24-14-11(16)7-10(8-13(14)23-2)9-18-19-15-12(20(21)22)5-4-6-17-15/h4-9H,3H2,1-2H3,(H,17,19)/b18-9-. The molecule has 0 radical (unpaired) electrons. The fourth-order valence-corrected chi connectivity index (χ4v) is 2.17. The third kappa shape index (κ3) is 4.11. The molecule has 1 aromatic carbocycles. The first-order valence-corrected chi connectivity index (χ1v) is 7.33. The number of anilines is 1. The zero-order valence-corrected chi connectivity index (χ0v) is 13.8. The highest BCUT2D eigenvalue weighted by Crippen LogP contribution is 2.36. The van der Waals surface area contributed by atoms with Crippen LogP contribution in [0.15, 0.2) is 35.6 Å². The summed E-state index contributed by atoms with van der Waals surface area (Å²) in [5.74, 6) is 0.963. The van der Waals surface area contributed by atoms with Gasteiger partial charge in [-0.2, -0.15) is 5.10 Å². The van der Waals surface area contributed by atoms with Gasteiger partial charge in [0.15, 0.2) is 11.5 Å². The number of halogens is 1. The number of hydrazone groups is 1. The molecule has 8 nitrogen and oxygen atoms in total. The predicted molar refractivity (Wildman–Crippen MR) is 91.3 cm³/mol. The van der Waals surface area contributed by atoms with E-state index in [0.717, 1.165) is 0 Å². The number of aromatic nitrogens is 1. The number of nitrogens with zero attached hydrogens (tertiary/aromatic N) is 3. The van der Waals surface area contributed by atoms with E-state index in [1.54, 1.807) is 12.1 Å². The Balaban J connectivity index is 2.21. The second kappa shape index (κ2) is 8.11. The van der Waals surface area contributed by atoms with Crippen molar-refractivity contribution < 1.29 is 14.4 Å². The maximum absolute atomic E-state index is 10.9. The van der Waals surface area contributed by atoms with Crippen LogP contribution >= 0.6 is 11.6 Å². The summed E-state index contributed by atoms with van der Waals surface area (Å²) in [6.45, 7) is 2.29. The van der Waals surface area contributed by atoms with Crippen LogP contribution in [-0.2, 0) is 0 Å². The zero-order valence-electron chi connectivity index (χ0n) is 13.0. The predicted octanol–water partition coefficient (Wildman–Crippen LogP) is 3.50. The summed E-state index contributed by atoms with van der Waals surface area (Å²) in [7, 11) is 1.50. The SMILES string of the molecule is CCOc1c(Cl)cc(/C=N\Nc2ncccc2[N+](=O)[O-])cc1OC. The summed E-state index contributed by atoms with van der Waals surface area (Å²) in [5, 5.41) is 15.2. The minimum Gasteiger partial charge on any atom is -0.493 e. The van der Waals surface area contributed by atoms with E-state index in [0.29, 0.717) is 28.7 Å². The molecule has 0 aliphatic heterocycles. The van der Waals surface area contributed by atoms with Crippen LogP contribution in [0.4, 0.5) is 11.5 Å². The smallest absolute Gasteiger partial charge is 0.313 e. The maximum Gasteiger partial charge on any atom is 0.313 e. The Labute approximate surface area is 143 Å². The molecule has 0 spiro atoms. The topological polar surface area (TPSA) is 98.9 Å². The van der Waals surface area contributed by atoms with E-state index in [4.69, 9.17) is 21.1 Å². The molecule has 0 aliphatic rings. The van der Waals surface area contributed by atoms with Gasteiger partial charge >= 0.3 is 5.69 Å². The van der Waals surface area contributed by atoms with Crippen LogP contribution in [0.2, 0.25) is 5.02 Å².